The van der Waals surface area contributed by atoms with Crippen LogP contribution in [-0.2, 0) is 9.53 Å². The van der Waals surface area contributed by atoms with E-state index >= 15 is 0 Å². The van der Waals surface area contributed by atoms with Crippen molar-refractivity contribution in [2.75, 3.05) is 13.7 Å². The van der Waals surface area contributed by atoms with Crippen molar-refractivity contribution in [1.82, 2.24) is 0 Å². The van der Waals surface area contributed by atoms with Gasteiger partial charge in [0.25, 0.3) is 0 Å². The molecule has 0 amide bonds. The van der Waals surface area contributed by atoms with Gasteiger partial charge in [0.05, 0.1) is 7.11 Å². The van der Waals surface area contributed by atoms with Gasteiger partial charge in [-0.1, -0.05) is 12.1 Å². The molecule has 1 aromatic carbocycles. The lowest BCUT2D eigenvalue weighted by Gasteiger charge is -2.08. The number of hydrogen-bond acceptors (Lipinski definition) is 4. The zero-order valence-electron chi connectivity index (χ0n) is 7.86. The molecule has 4 nitrogen and oxygen atoms in total. The van der Waals surface area contributed by atoms with Crippen LogP contribution in [0.3, 0.4) is 0 Å². The van der Waals surface area contributed by atoms with E-state index in [1.165, 1.54) is 7.11 Å². The van der Waals surface area contributed by atoms with Crippen LogP contribution in [0.4, 0.5) is 0 Å². The van der Waals surface area contributed by atoms with Crippen LogP contribution >= 0.6 is 0 Å². The first-order chi connectivity index (χ1) is 6.77. The van der Waals surface area contributed by atoms with Crippen LogP contribution in [0, 0.1) is 7.11 Å². The predicted molar refractivity (Wildman–Crippen MR) is 49.9 cm³/mol. The summed E-state index contributed by atoms with van der Waals surface area (Å²) in [6.45, 7) is -0.142. The Hall–Kier alpha value is -1.71. The highest BCUT2D eigenvalue weighted by atomic mass is 16.6. The number of rotatable bonds is 4. The number of carbonyl (C=O) groups is 1. The van der Waals surface area contributed by atoms with Gasteiger partial charge in [0.2, 0.25) is 0 Å². The maximum atomic E-state index is 10.8. The molecule has 14 heavy (non-hydrogen) atoms. The van der Waals surface area contributed by atoms with Crippen molar-refractivity contribution in [3.63, 3.8) is 0 Å². The van der Waals surface area contributed by atoms with E-state index in [-0.39, 0.29) is 6.61 Å². The molecule has 0 saturated heterocycles. The fourth-order valence-electron chi connectivity index (χ4n) is 0.884. The number of benzene rings is 1. The smallest absolute Gasteiger partial charge is 0.343 e. The van der Waals surface area contributed by atoms with E-state index in [4.69, 9.17) is 9.47 Å². The third kappa shape index (κ3) is 2.65. The summed E-state index contributed by atoms with van der Waals surface area (Å²) in [4.78, 5) is 10.8. The summed E-state index contributed by atoms with van der Waals surface area (Å²) in [6, 6.07) is 6.93. The van der Waals surface area contributed by atoms with E-state index in [1.54, 1.807) is 24.3 Å². The summed E-state index contributed by atoms with van der Waals surface area (Å²) >= 11 is 0. The van der Waals surface area contributed by atoms with Crippen molar-refractivity contribution in [1.29, 1.82) is 0 Å². The van der Waals surface area contributed by atoms with Gasteiger partial charge in [0.1, 0.15) is 7.11 Å². The van der Waals surface area contributed by atoms with Gasteiger partial charge in [-0.05, 0) is 12.1 Å². The lowest BCUT2D eigenvalue weighted by atomic mass is 10.3. The van der Waals surface area contributed by atoms with Crippen LogP contribution in [-0.4, -0.2) is 19.7 Å². The summed E-state index contributed by atoms with van der Waals surface area (Å²) in [7, 11) is 4.57. The van der Waals surface area contributed by atoms with Gasteiger partial charge in [-0.3, -0.25) is 0 Å². The second kappa shape index (κ2) is 5.11. The topological polar surface area (TPSA) is 44.8 Å². The molecule has 0 aliphatic rings. The van der Waals surface area contributed by atoms with Gasteiger partial charge in [0.15, 0.2) is 18.1 Å². The number of para-hydroxylation sites is 2. The molecule has 4 heteroatoms. The normalized spacial score (nSPS) is 9.29. The second-order valence-corrected chi connectivity index (χ2v) is 2.46. The predicted octanol–water partition coefficient (Wildman–Crippen LogP) is 1.41. The fraction of sp³-hybridized carbons (Fsp3) is 0.200. The molecule has 0 aliphatic heterocycles. The van der Waals surface area contributed by atoms with Crippen molar-refractivity contribution in [2.45, 2.75) is 0 Å². The van der Waals surface area contributed by atoms with Crippen molar-refractivity contribution >= 4 is 5.97 Å². The number of ether oxygens (including phenoxy) is 3. The average molecular weight is 195 g/mol. The quantitative estimate of drug-likeness (QED) is 0.681. The van der Waals surface area contributed by atoms with Gasteiger partial charge >= 0.3 is 5.97 Å². The highest BCUT2D eigenvalue weighted by Gasteiger charge is 2.05. The molecule has 0 saturated carbocycles. The zero-order chi connectivity index (χ0) is 10.4. The molecule has 1 radical (unpaired) electrons. The summed E-state index contributed by atoms with van der Waals surface area (Å²) < 4.78 is 14.4. The van der Waals surface area contributed by atoms with E-state index in [2.05, 4.69) is 11.8 Å². The molecule has 0 heterocycles. The Bertz CT molecular complexity index is 309. The maximum absolute atomic E-state index is 10.8. The van der Waals surface area contributed by atoms with Crippen LogP contribution in [0.2, 0.25) is 0 Å². The fourth-order valence-corrected chi connectivity index (χ4v) is 0.884. The molecule has 0 aliphatic carbocycles. The summed E-state index contributed by atoms with van der Waals surface area (Å²) in [5.41, 5.74) is 0. The molecule has 0 fully saturated rings. The third-order valence-electron chi connectivity index (χ3n) is 1.58. The van der Waals surface area contributed by atoms with Crippen molar-refractivity contribution < 1.29 is 19.0 Å². The first-order valence-electron chi connectivity index (χ1n) is 3.98. The molecule has 75 valence electrons. The first-order valence-corrected chi connectivity index (χ1v) is 3.98. The van der Waals surface area contributed by atoms with Gasteiger partial charge in [-0.2, -0.15) is 0 Å². The zero-order valence-corrected chi connectivity index (χ0v) is 7.86. The Labute approximate surface area is 82.4 Å². The van der Waals surface area contributed by atoms with Crippen LogP contribution in [0.1, 0.15) is 0 Å². The first kappa shape index (κ1) is 10.4. The number of hydrogen-bond donors (Lipinski definition) is 0. The SMILES string of the molecule is [CH2]Oc1ccccc1OCC(=O)OC. The van der Waals surface area contributed by atoms with Gasteiger partial charge < -0.3 is 14.2 Å². The Morgan fingerprint density at radius 1 is 1.36 bits per heavy atom. The third-order valence-corrected chi connectivity index (χ3v) is 1.58. The molecule has 0 unspecified atom stereocenters. The molecule has 1 aromatic rings. The standard InChI is InChI=1S/C10H11O4/c1-12-8-5-3-4-6-9(8)14-7-10(11)13-2/h3-6H,1,7H2,2H3. The van der Waals surface area contributed by atoms with Gasteiger partial charge in [0, 0.05) is 0 Å². The Kier molecular flexibility index (Phi) is 3.79. The van der Waals surface area contributed by atoms with E-state index in [1.807, 2.05) is 0 Å². The van der Waals surface area contributed by atoms with E-state index in [0.29, 0.717) is 11.5 Å². The summed E-state index contributed by atoms with van der Waals surface area (Å²) in [5, 5.41) is 0. The number of carbonyl (C=O) groups excluding carboxylic acids is 1. The highest BCUT2D eigenvalue weighted by molar-refractivity contribution is 5.71. The van der Waals surface area contributed by atoms with E-state index < -0.39 is 5.97 Å². The molecule has 0 atom stereocenters. The minimum absolute atomic E-state index is 0.142. The van der Waals surface area contributed by atoms with Crippen LogP contribution in [0.5, 0.6) is 11.5 Å². The highest BCUT2D eigenvalue weighted by Crippen LogP contribution is 2.25. The molecule has 0 bridgehead atoms. The minimum Gasteiger partial charge on any atom is -0.486 e. The minimum atomic E-state index is -0.441. The van der Waals surface area contributed by atoms with Gasteiger partial charge in [-0.15, -0.1) is 0 Å². The second-order valence-electron chi connectivity index (χ2n) is 2.46. The summed E-state index contributed by atoms with van der Waals surface area (Å²) in [5.74, 6) is 0.508. The van der Waals surface area contributed by atoms with E-state index in [9.17, 15) is 4.79 Å². The van der Waals surface area contributed by atoms with Crippen LogP contribution in [0.25, 0.3) is 0 Å². The van der Waals surface area contributed by atoms with Gasteiger partial charge in [-0.25, -0.2) is 4.79 Å². The summed E-state index contributed by atoms with van der Waals surface area (Å²) in [6.07, 6.45) is 0. The molecular formula is C10H11O4. The van der Waals surface area contributed by atoms with Crippen LogP contribution in [0.15, 0.2) is 24.3 Å². The van der Waals surface area contributed by atoms with E-state index in [0.717, 1.165) is 0 Å². The van der Waals surface area contributed by atoms with Crippen LogP contribution < -0.4 is 9.47 Å². The molecular weight excluding hydrogens is 184 g/mol. The van der Waals surface area contributed by atoms with Crippen molar-refractivity contribution in [3.05, 3.63) is 31.4 Å². The molecule has 0 aromatic heterocycles. The lowest BCUT2D eigenvalue weighted by Crippen LogP contribution is -2.12. The largest absolute Gasteiger partial charge is 0.486 e. The lowest BCUT2D eigenvalue weighted by molar-refractivity contribution is -0.142. The number of esters is 1. The molecule has 0 spiro atoms. The molecule has 0 N–H and O–H groups in total. The monoisotopic (exact) mass is 195 g/mol. The number of methoxy groups -OCH3 is 1. The maximum Gasteiger partial charge on any atom is 0.343 e. The van der Waals surface area contributed by atoms with Crippen molar-refractivity contribution in [2.24, 2.45) is 0 Å². The Morgan fingerprint density at radius 2 is 2.00 bits per heavy atom. The molecule has 1 rings (SSSR count). The average Bonchev–Trinajstić information content (AvgIpc) is 2.26. The Morgan fingerprint density at radius 3 is 2.57 bits per heavy atom. The van der Waals surface area contributed by atoms with Crippen molar-refractivity contribution in [3.8, 4) is 11.5 Å². The Balaban J connectivity index is 2.61.